The SMILES string of the molecule is Cc1ccc(C)c(/C(O)=C2\C(=O)C(=O)N(CCN3CCOCC3)C2c2cccc(O)c2)c1. The van der Waals surface area contributed by atoms with Gasteiger partial charge in [-0.3, -0.25) is 14.5 Å². The van der Waals surface area contributed by atoms with E-state index in [9.17, 15) is 19.8 Å². The summed E-state index contributed by atoms with van der Waals surface area (Å²) in [6, 6.07) is 11.3. The molecular formula is C25H28N2O5. The van der Waals surface area contributed by atoms with Gasteiger partial charge in [0.2, 0.25) is 0 Å². The first-order valence-corrected chi connectivity index (χ1v) is 10.8. The molecule has 2 heterocycles. The molecule has 2 aliphatic heterocycles. The molecule has 4 rings (SSSR count). The number of ketones is 1. The summed E-state index contributed by atoms with van der Waals surface area (Å²) in [6.45, 7) is 7.50. The molecule has 0 aliphatic carbocycles. The van der Waals surface area contributed by atoms with Crippen molar-refractivity contribution >= 4 is 17.4 Å². The Morgan fingerprint density at radius 1 is 1.06 bits per heavy atom. The molecule has 1 amide bonds. The minimum Gasteiger partial charge on any atom is -0.508 e. The molecule has 2 N–H and O–H groups in total. The van der Waals surface area contributed by atoms with Crippen LogP contribution in [-0.4, -0.2) is 71.1 Å². The number of ether oxygens (including phenoxy) is 1. The van der Waals surface area contributed by atoms with E-state index >= 15 is 0 Å². The van der Waals surface area contributed by atoms with Gasteiger partial charge >= 0.3 is 0 Å². The maximum absolute atomic E-state index is 13.1. The highest BCUT2D eigenvalue weighted by atomic mass is 16.5. The number of phenolic OH excluding ortho intramolecular Hbond substituents is 1. The maximum Gasteiger partial charge on any atom is 0.295 e. The molecule has 32 heavy (non-hydrogen) atoms. The largest absolute Gasteiger partial charge is 0.508 e. The van der Waals surface area contributed by atoms with Crippen LogP contribution in [0, 0.1) is 13.8 Å². The van der Waals surface area contributed by atoms with Gasteiger partial charge in [0.05, 0.1) is 24.8 Å². The molecule has 1 atom stereocenters. The molecule has 0 saturated carbocycles. The fourth-order valence-corrected chi connectivity index (χ4v) is 4.36. The van der Waals surface area contributed by atoms with Gasteiger partial charge in [-0.05, 0) is 43.2 Å². The van der Waals surface area contributed by atoms with E-state index in [2.05, 4.69) is 4.90 Å². The van der Waals surface area contributed by atoms with Crippen LogP contribution in [0.1, 0.15) is 28.3 Å². The van der Waals surface area contributed by atoms with E-state index < -0.39 is 17.7 Å². The Labute approximate surface area is 187 Å². The summed E-state index contributed by atoms with van der Waals surface area (Å²) < 4.78 is 5.39. The van der Waals surface area contributed by atoms with Gasteiger partial charge < -0.3 is 19.8 Å². The summed E-state index contributed by atoms with van der Waals surface area (Å²) in [5.74, 6) is -1.50. The van der Waals surface area contributed by atoms with Crippen molar-refractivity contribution in [2.24, 2.45) is 0 Å². The van der Waals surface area contributed by atoms with Crippen LogP contribution in [0.5, 0.6) is 5.75 Å². The lowest BCUT2D eigenvalue weighted by Crippen LogP contribution is -2.42. The first-order chi connectivity index (χ1) is 15.4. The van der Waals surface area contributed by atoms with Crippen LogP contribution in [0.25, 0.3) is 5.76 Å². The minimum atomic E-state index is -0.775. The number of aryl methyl sites for hydroxylation is 2. The zero-order chi connectivity index (χ0) is 22.8. The van der Waals surface area contributed by atoms with Crippen molar-refractivity contribution < 1.29 is 24.5 Å². The third-order valence-electron chi connectivity index (χ3n) is 6.13. The van der Waals surface area contributed by atoms with Gasteiger partial charge in [0.15, 0.2) is 0 Å². The molecule has 1 unspecified atom stereocenters. The first kappa shape index (κ1) is 22.0. The van der Waals surface area contributed by atoms with Crippen LogP contribution < -0.4 is 0 Å². The fourth-order valence-electron chi connectivity index (χ4n) is 4.36. The zero-order valence-corrected chi connectivity index (χ0v) is 18.4. The summed E-state index contributed by atoms with van der Waals surface area (Å²) in [5.41, 5.74) is 2.91. The second-order valence-corrected chi connectivity index (χ2v) is 8.36. The van der Waals surface area contributed by atoms with Crippen molar-refractivity contribution in [1.29, 1.82) is 0 Å². The second kappa shape index (κ2) is 9.14. The Bertz CT molecular complexity index is 1070. The van der Waals surface area contributed by atoms with Gasteiger partial charge in [-0.1, -0.05) is 29.8 Å². The number of aliphatic hydroxyl groups is 1. The lowest BCUT2D eigenvalue weighted by atomic mass is 9.93. The van der Waals surface area contributed by atoms with Crippen LogP contribution >= 0.6 is 0 Å². The quantitative estimate of drug-likeness (QED) is 0.426. The predicted octanol–water partition coefficient (Wildman–Crippen LogP) is 2.76. The summed E-state index contributed by atoms with van der Waals surface area (Å²) >= 11 is 0. The van der Waals surface area contributed by atoms with Crippen LogP contribution in [-0.2, 0) is 14.3 Å². The number of morpholine rings is 1. The molecule has 168 valence electrons. The van der Waals surface area contributed by atoms with Gasteiger partial charge in [0, 0.05) is 31.7 Å². The molecule has 0 bridgehead atoms. The van der Waals surface area contributed by atoms with Crippen molar-refractivity contribution in [3.05, 3.63) is 70.3 Å². The number of benzene rings is 2. The van der Waals surface area contributed by atoms with E-state index in [1.165, 1.54) is 17.0 Å². The normalized spacial score (nSPS) is 21.3. The number of hydrogen-bond donors (Lipinski definition) is 2. The number of aliphatic hydroxyl groups excluding tert-OH is 1. The number of nitrogens with zero attached hydrogens (tertiary/aromatic N) is 2. The number of rotatable bonds is 5. The Morgan fingerprint density at radius 2 is 1.81 bits per heavy atom. The zero-order valence-electron chi connectivity index (χ0n) is 18.4. The highest BCUT2D eigenvalue weighted by Crippen LogP contribution is 2.40. The van der Waals surface area contributed by atoms with Crippen molar-refractivity contribution in [3.8, 4) is 5.75 Å². The van der Waals surface area contributed by atoms with E-state index in [4.69, 9.17) is 4.74 Å². The predicted molar refractivity (Wildman–Crippen MR) is 120 cm³/mol. The molecule has 2 aromatic rings. The number of amides is 1. The van der Waals surface area contributed by atoms with Crippen molar-refractivity contribution in [2.45, 2.75) is 19.9 Å². The monoisotopic (exact) mass is 436 g/mol. The van der Waals surface area contributed by atoms with Gasteiger partial charge in [-0.2, -0.15) is 0 Å². The third-order valence-corrected chi connectivity index (χ3v) is 6.13. The summed E-state index contributed by atoms with van der Waals surface area (Å²) in [4.78, 5) is 29.9. The van der Waals surface area contributed by atoms with Crippen molar-refractivity contribution in [1.82, 2.24) is 9.80 Å². The van der Waals surface area contributed by atoms with Gasteiger partial charge in [0.1, 0.15) is 11.5 Å². The molecule has 2 aliphatic rings. The van der Waals surface area contributed by atoms with Gasteiger partial charge in [-0.15, -0.1) is 0 Å². The average Bonchev–Trinajstić information content (AvgIpc) is 3.04. The van der Waals surface area contributed by atoms with Gasteiger partial charge in [-0.25, -0.2) is 0 Å². The average molecular weight is 437 g/mol. The molecule has 0 aromatic heterocycles. The molecule has 2 saturated heterocycles. The highest BCUT2D eigenvalue weighted by Gasteiger charge is 2.46. The number of Topliss-reactive ketones (excluding diaryl/α,β-unsaturated/α-hetero) is 1. The van der Waals surface area contributed by atoms with Crippen LogP contribution in [0.2, 0.25) is 0 Å². The van der Waals surface area contributed by atoms with Crippen molar-refractivity contribution in [2.75, 3.05) is 39.4 Å². The van der Waals surface area contributed by atoms with E-state index in [1.54, 1.807) is 12.1 Å². The van der Waals surface area contributed by atoms with Crippen molar-refractivity contribution in [3.63, 3.8) is 0 Å². The standard InChI is InChI=1S/C25H28N2O5/c1-16-6-7-17(2)20(14-16)23(29)21-22(18-4-3-5-19(28)15-18)27(25(31)24(21)30)9-8-26-10-12-32-13-11-26/h3-7,14-15,22,28-29H,8-13H2,1-2H3/b23-21+. The Kier molecular flexibility index (Phi) is 6.30. The number of hydrogen-bond acceptors (Lipinski definition) is 6. The molecule has 7 heteroatoms. The van der Waals surface area contributed by atoms with E-state index in [0.29, 0.717) is 37.4 Å². The number of carbonyl (C=O) groups is 2. The molecule has 2 aromatic carbocycles. The molecule has 0 spiro atoms. The van der Waals surface area contributed by atoms with Crippen LogP contribution in [0.4, 0.5) is 0 Å². The minimum absolute atomic E-state index is 0.0352. The number of phenols is 1. The van der Waals surface area contributed by atoms with Crippen LogP contribution in [0.3, 0.4) is 0 Å². The molecule has 7 nitrogen and oxygen atoms in total. The second-order valence-electron chi connectivity index (χ2n) is 8.36. The molecule has 0 radical (unpaired) electrons. The highest BCUT2D eigenvalue weighted by molar-refractivity contribution is 6.46. The maximum atomic E-state index is 13.1. The summed E-state index contributed by atoms with van der Waals surface area (Å²) in [7, 11) is 0. The van der Waals surface area contributed by atoms with E-state index in [0.717, 1.165) is 24.2 Å². The number of likely N-dealkylation sites (tertiary alicyclic amines) is 1. The summed E-state index contributed by atoms with van der Waals surface area (Å²) in [6.07, 6.45) is 0. The Hall–Kier alpha value is -3.16. The van der Waals surface area contributed by atoms with Gasteiger partial charge in [0.25, 0.3) is 11.7 Å². The molecular weight excluding hydrogens is 408 g/mol. The summed E-state index contributed by atoms with van der Waals surface area (Å²) in [5, 5.41) is 21.3. The third kappa shape index (κ3) is 4.26. The Morgan fingerprint density at radius 3 is 2.53 bits per heavy atom. The lowest BCUT2D eigenvalue weighted by molar-refractivity contribution is -0.140. The number of carbonyl (C=O) groups excluding carboxylic acids is 2. The lowest BCUT2D eigenvalue weighted by Gasteiger charge is -2.31. The van der Waals surface area contributed by atoms with E-state index in [-0.39, 0.29) is 17.1 Å². The topological polar surface area (TPSA) is 90.3 Å². The number of aromatic hydroxyl groups is 1. The Balaban J connectivity index is 1.78. The van der Waals surface area contributed by atoms with Crippen LogP contribution in [0.15, 0.2) is 48.0 Å². The molecule has 2 fully saturated rings. The smallest absolute Gasteiger partial charge is 0.295 e. The first-order valence-electron chi connectivity index (χ1n) is 10.8. The van der Waals surface area contributed by atoms with E-state index in [1.807, 2.05) is 32.0 Å². The fraction of sp³-hybridized carbons (Fsp3) is 0.360.